The van der Waals surface area contributed by atoms with Gasteiger partial charge in [0.1, 0.15) is 5.75 Å². The molecule has 1 aliphatic rings. The van der Waals surface area contributed by atoms with Crippen molar-refractivity contribution in [3.05, 3.63) is 18.2 Å². The largest absolute Gasteiger partial charge is 0.497 e. The van der Waals surface area contributed by atoms with Crippen molar-refractivity contribution in [2.75, 3.05) is 18.2 Å². The van der Waals surface area contributed by atoms with Crippen molar-refractivity contribution in [1.82, 2.24) is 0 Å². The highest BCUT2D eigenvalue weighted by atomic mass is 16.5. The quantitative estimate of drug-likeness (QED) is 0.819. The van der Waals surface area contributed by atoms with Crippen molar-refractivity contribution in [1.29, 1.82) is 0 Å². The van der Waals surface area contributed by atoms with Crippen molar-refractivity contribution < 1.29 is 9.53 Å². The number of amides is 1. The molecular formula is C15H22N2O2. The average Bonchev–Trinajstić information content (AvgIpc) is 2.42. The van der Waals surface area contributed by atoms with Crippen molar-refractivity contribution >= 4 is 17.3 Å². The van der Waals surface area contributed by atoms with Crippen LogP contribution in [0.4, 0.5) is 11.4 Å². The van der Waals surface area contributed by atoms with E-state index in [-0.39, 0.29) is 5.91 Å². The lowest BCUT2D eigenvalue weighted by molar-refractivity contribution is -0.117. The Bertz CT molecular complexity index is 440. The molecule has 4 heteroatoms. The van der Waals surface area contributed by atoms with E-state index in [0.717, 1.165) is 0 Å². The van der Waals surface area contributed by atoms with Gasteiger partial charge in [0, 0.05) is 12.5 Å². The Morgan fingerprint density at radius 3 is 2.74 bits per heavy atom. The van der Waals surface area contributed by atoms with Crippen LogP contribution in [0, 0.1) is 5.92 Å². The molecule has 0 atom stereocenters. The van der Waals surface area contributed by atoms with Crippen molar-refractivity contribution in [2.24, 2.45) is 5.92 Å². The van der Waals surface area contributed by atoms with Crippen LogP contribution in [0.2, 0.25) is 0 Å². The van der Waals surface area contributed by atoms with Gasteiger partial charge < -0.3 is 15.8 Å². The molecule has 3 N–H and O–H groups in total. The summed E-state index contributed by atoms with van der Waals surface area (Å²) in [5.74, 6) is 1.29. The van der Waals surface area contributed by atoms with Gasteiger partial charge in [-0.25, -0.2) is 0 Å². The number of nitrogens with two attached hydrogens (primary N) is 1. The molecule has 0 aromatic heterocycles. The van der Waals surface area contributed by atoms with Gasteiger partial charge in [-0.3, -0.25) is 4.79 Å². The maximum atomic E-state index is 12.0. The number of hydrogen-bond acceptors (Lipinski definition) is 3. The van der Waals surface area contributed by atoms with Crippen LogP contribution in [0.5, 0.6) is 5.75 Å². The minimum absolute atomic E-state index is 0.0590. The highest BCUT2D eigenvalue weighted by Crippen LogP contribution is 2.28. The third-order valence-electron chi connectivity index (χ3n) is 3.73. The molecule has 2 rings (SSSR count). The third-order valence-corrected chi connectivity index (χ3v) is 3.73. The Morgan fingerprint density at radius 1 is 1.37 bits per heavy atom. The number of methoxy groups -OCH3 is 1. The summed E-state index contributed by atoms with van der Waals surface area (Å²) in [6, 6.07) is 5.30. The summed E-state index contributed by atoms with van der Waals surface area (Å²) in [5.41, 5.74) is 7.09. The van der Waals surface area contributed by atoms with Crippen LogP contribution >= 0.6 is 0 Å². The number of anilines is 2. The van der Waals surface area contributed by atoms with Gasteiger partial charge in [0.15, 0.2) is 0 Å². The maximum absolute atomic E-state index is 12.0. The molecule has 1 aromatic rings. The smallest absolute Gasteiger partial charge is 0.224 e. The van der Waals surface area contributed by atoms with Gasteiger partial charge in [-0.2, -0.15) is 0 Å². The lowest BCUT2D eigenvalue weighted by atomic mass is 9.87. The summed E-state index contributed by atoms with van der Waals surface area (Å²) in [4.78, 5) is 12.0. The molecule has 1 fully saturated rings. The van der Waals surface area contributed by atoms with Gasteiger partial charge in [-0.1, -0.05) is 19.3 Å². The first-order chi connectivity index (χ1) is 9.19. The number of carbonyl (C=O) groups excluding carboxylic acids is 1. The monoisotopic (exact) mass is 262 g/mol. The molecular weight excluding hydrogens is 240 g/mol. The fraction of sp³-hybridized carbons (Fsp3) is 0.533. The number of rotatable bonds is 4. The van der Waals surface area contributed by atoms with E-state index >= 15 is 0 Å². The zero-order chi connectivity index (χ0) is 13.7. The first-order valence-electron chi connectivity index (χ1n) is 6.92. The highest BCUT2D eigenvalue weighted by molar-refractivity contribution is 5.94. The number of carbonyl (C=O) groups is 1. The second-order valence-corrected chi connectivity index (χ2v) is 5.21. The van der Waals surface area contributed by atoms with E-state index in [0.29, 0.717) is 29.5 Å². The zero-order valence-corrected chi connectivity index (χ0v) is 11.4. The van der Waals surface area contributed by atoms with Crippen molar-refractivity contribution in [3.8, 4) is 5.75 Å². The second-order valence-electron chi connectivity index (χ2n) is 5.21. The molecule has 0 bridgehead atoms. The molecule has 0 aliphatic heterocycles. The van der Waals surface area contributed by atoms with Gasteiger partial charge in [-0.05, 0) is 30.9 Å². The van der Waals surface area contributed by atoms with Gasteiger partial charge in [-0.15, -0.1) is 0 Å². The van der Waals surface area contributed by atoms with Crippen molar-refractivity contribution in [3.63, 3.8) is 0 Å². The molecule has 104 valence electrons. The zero-order valence-electron chi connectivity index (χ0n) is 11.4. The summed E-state index contributed by atoms with van der Waals surface area (Å²) in [5, 5.41) is 2.89. The van der Waals surface area contributed by atoms with E-state index < -0.39 is 0 Å². The average molecular weight is 262 g/mol. The minimum atomic E-state index is 0.0590. The Labute approximate surface area is 114 Å². The normalized spacial score (nSPS) is 16.1. The van der Waals surface area contributed by atoms with Crippen LogP contribution in [0.3, 0.4) is 0 Å². The summed E-state index contributed by atoms with van der Waals surface area (Å²) in [7, 11) is 1.59. The maximum Gasteiger partial charge on any atom is 0.224 e. The van der Waals surface area contributed by atoms with E-state index in [2.05, 4.69) is 5.32 Å². The van der Waals surface area contributed by atoms with Gasteiger partial charge in [0.25, 0.3) is 0 Å². The SMILES string of the molecule is COc1ccc(NC(=O)CC2CCCCC2)c(N)c1. The van der Waals surface area contributed by atoms with Crippen LogP contribution < -0.4 is 15.8 Å². The lowest BCUT2D eigenvalue weighted by Crippen LogP contribution is -2.18. The summed E-state index contributed by atoms with van der Waals surface area (Å²) < 4.78 is 5.08. The summed E-state index contributed by atoms with van der Waals surface area (Å²) in [6.45, 7) is 0. The van der Waals surface area contributed by atoms with Crippen LogP contribution in [0.1, 0.15) is 38.5 Å². The summed E-state index contributed by atoms with van der Waals surface area (Å²) in [6.07, 6.45) is 6.76. The fourth-order valence-corrected chi connectivity index (χ4v) is 2.64. The van der Waals surface area contributed by atoms with Crippen LogP contribution in [0.15, 0.2) is 18.2 Å². The molecule has 1 aromatic carbocycles. The lowest BCUT2D eigenvalue weighted by Gasteiger charge is -2.21. The number of nitrogen functional groups attached to an aromatic ring is 1. The van der Waals surface area contributed by atoms with Crippen LogP contribution in [-0.4, -0.2) is 13.0 Å². The summed E-state index contributed by atoms with van der Waals surface area (Å²) >= 11 is 0. The minimum Gasteiger partial charge on any atom is -0.497 e. The number of benzene rings is 1. The van der Waals surface area contributed by atoms with Crippen molar-refractivity contribution in [2.45, 2.75) is 38.5 Å². The fourth-order valence-electron chi connectivity index (χ4n) is 2.64. The highest BCUT2D eigenvalue weighted by Gasteiger charge is 2.17. The van der Waals surface area contributed by atoms with Gasteiger partial charge >= 0.3 is 0 Å². The first kappa shape index (κ1) is 13.7. The van der Waals surface area contributed by atoms with E-state index in [9.17, 15) is 4.79 Å². The van der Waals surface area contributed by atoms with E-state index in [1.54, 1.807) is 25.3 Å². The van der Waals surface area contributed by atoms with E-state index in [1.165, 1.54) is 32.1 Å². The number of hydrogen-bond donors (Lipinski definition) is 2. The van der Waals surface area contributed by atoms with E-state index in [4.69, 9.17) is 10.5 Å². The van der Waals surface area contributed by atoms with Gasteiger partial charge in [0.05, 0.1) is 18.5 Å². The Balaban J connectivity index is 1.91. The second kappa shape index (κ2) is 6.45. The van der Waals surface area contributed by atoms with E-state index in [1.807, 2.05) is 0 Å². The van der Waals surface area contributed by atoms with Gasteiger partial charge in [0.2, 0.25) is 5.91 Å². The molecule has 1 amide bonds. The standard InChI is InChI=1S/C15H22N2O2/c1-19-12-7-8-14(13(16)10-12)17-15(18)9-11-5-3-2-4-6-11/h7-8,10-11H,2-6,9,16H2,1H3,(H,17,18). The molecule has 0 radical (unpaired) electrons. The Morgan fingerprint density at radius 2 is 2.11 bits per heavy atom. The van der Waals surface area contributed by atoms with Crippen LogP contribution in [-0.2, 0) is 4.79 Å². The number of ether oxygens (including phenoxy) is 1. The number of nitrogens with one attached hydrogen (secondary N) is 1. The predicted octanol–water partition coefficient (Wildman–Crippen LogP) is 3.19. The Kier molecular flexibility index (Phi) is 4.66. The molecule has 1 aliphatic carbocycles. The molecule has 0 saturated heterocycles. The molecule has 4 nitrogen and oxygen atoms in total. The predicted molar refractivity (Wildman–Crippen MR) is 77.2 cm³/mol. The first-order valence-corrected chi connectivity index (χ1v) is 6.92. The third kappa shape index (κ3) is 3.88. The molecule has 19 heavy (non-hydrogen) atoms. The molecule has 0 heterocycles. The molecule has 0 spiro atoms. The molecule has 0 unspecified atom stereocenters. The Hall–Kier alpha value is -1.71. The van der Waals surface area contributed by atoms with Crippen LogP contribution in [0.25, 0.3) is 0 Å². The topological polar surface area (TPSA) is 64.3 Å². The molecule has 1 saturated carbocycles.